The summed E-state index contributed by atoms with van der Waals surface area (Å²) in [5.74, 6) is 0.633. The molecule has 1 atom stereocenters. The van der Waals surface area contributed by atoms with E-state index in [2.05, 4.69) is 10.1 Å². The van der Waals surface area contributed by atoms with Crippen molar-refractivity contribution in [2.45, 2.75) is 58.4 Å². The largest absolute Gasteiger partial charge is 0.389 e. The van der Waals surface area contributed by atoms with Crippen molar-refractivity contribution < 1.29 is 22.8 Å². The number of pyridine rings is 1. The smallest absolute Gasteiger partial charge is 0.386 e. The molecule has 0 aliphatic carbocycles. The van der Waals surface area contributed by atoms with E-state index in [9.17, 15) is 18.3 Å². The molecule has 5 aromatic rings. The number of fused-ring (bicyclic) bond motifs is 3. The molecule has 10 heteroatoms. The fourth-order valence-electron chi connectivity index (χ4n) is 4.75. The molecule has 0 fully saturated rings. The molecule has 0 aliphatic heterocycles. The molecule has 5 rings (SSSR count). The normalized spacial score (nSPS) is 13.7. The molecule has 4 aromatic heterocycles. The van der Waals surface area contributed by atoms with Gasteiger partial charge in [0, 0.05) is 34.5 Å². The maximum atomic E-state index is 13.4. The number of rotatable bonds is 6. The van der Waals surface area contributed by atoms with Crippen LogP contribution in [-0.2, 0) is 5.60 Å². The van der Waals surface area contributed by atoms with Gasteiger partial charge in [-0.25, -0.2) is 4.98 Å². The van der Waals surface area contributed by atoms with Crippen LogP contribution in [0, 0.1) is 13.8 Å². The van der Waals surface area contributed by atoms with Crippen LogP contribution >= 0.6 is 11.3 Å². The number of hydrogen-bond donors (Lipinski definition) is 1. The third kappa shape index (κ3) is 4.39. The second kappa shape index (κ2) is 8.70. The van der Waals surface area contributed by atoms with Crippen LogP contribution in [0.15, 0.2) is 45.9 Å². The van der Waals surface area contributed by atoms with Crippen LogP contribution in [0.2, 0.25) is 0 Å². The highest BCUT2D eigenvalue weighted by Crippen LogP contribution is 2.40. The Morgan fingerprint density at radius 1 is 1.11 bits per heavy atom. The highest BCUT2D eigenvalue weighted by Gasteiger charge is 2.32. The topological polar surface area (TPSA) is 77.0 Å². The van der Waals surface area contributed by atoms with Crippen molar-refractivity contribution in [3.8, 4) is 11.1 Å². The summed E-state index contributed by atoms with van der Waals surface area (Å²) < 4.78 is 47.4. The summed E-state index contributed by atoms with van der Waals surface area (Å²) in [4.78, 5) is 9.13. The van der Waals surface area contributed by atoms with Gasteiger partial charge < -0.3 is 14.2 Å². The van der Waals surface area contributed by atoms with E-state index in [4.69, 9.17) is 9.51 Å². The second-order valence-electron chi connectivity index (χ2n) is 9.53. The van der Waals surface area contributed by atoms with Gasteiger partial charge in [0.05, 0.1) is 45.1 Å². The number of aryl methyl sites for hydroxylation is 2. The lowest BCUT2D eigenvalue weighted by Gasteiger charge is -2.22. The first-order valence-electron chi connectivity index (χ1n) is 11.5. The molecule has 0 aliphatic rings. The SMILES string of the molecule is Cc1noc(C)c1-c1cnc2c3ccc(C(C)(C)O)cc3n([C@@H](CCC(F)(F)F)c3cscn3)c2c1. The van der Waals surface area contributed by atoms with E-state index in [0.29, 0.717) is 39.3 Å². The molecule has 36 heavy (non-hydrogen) atoms. The third-order valence-electron chi connectivity index (χ3n) is 6.47. The number of nitrogens with zero attached hydrogens (tertiary/aromatic N) is 4. The van der Waals surface area contributed by atoms with Crippen molar-refractivity contribution >= 4 is 33.3 Å². The van der Waals surface area contributed by atoms with E-state index in [1.54, 1.807) is 30.9 Å². The minimum Gasteiger partial charge on any atom is -0.386 e. The summed E-state index contributed by atoms with van der Waals surface area (Å²) in [5, 5.41) is 17.3. The van der Waals surface area contributed by atoms with Gasteiger partial charge >= 0.3 is 6.18 Å². The summed E-state index contributed by atoms with van der Waals surface area (Å²) >= 11 is 1.34. The van der Waals surface area contributed by atoms with Crippen LogP contribution < -0.4 is 0 Å². The quantitative estimate of drug-likeness (QED) is 0.262. The lowest BCUT2D eigenvalue weighted by atomic mass is 9.97. The Labute approximate surface area is 209 Å². The van der Waals surface area contributed by atoms with E-state index in [1.807, 2.05) is 42.7 Å². The molecule has 0 bridgehead atoms. The highest BCUT2D eigenvalue weighted by molar-refractivity contribution is 7.07. The van der Waals surface area contributed by atoms with Crippen molar-refractivity contribution in [1.82, 2.24) is 19.7 Å². The lowest BCUT2D eigenvalue weighted by Crippen LogP contribution is -2.17. The molecule has 0 amide bonds. The zero-order valence-electron chi connectivity index (χ0n) is 20.2. The molecule has 0 saturated heterocycles. The Kier molecular flexibility index (Phi) is 5.91. The molecule has 188 valence electrons. The van der Waals surface area contributed by atoms with Crippen molar-refractivity contribution in [3.63, 3.8) is 0 Å². The second-order valence-corrected chi connectivity index (χ2v) is 10.3. The van der Waals surface area contributed by atoms with Gasteiger partial charge in [0.1, 0.15) is 5.76 Å². The summed E-state index contributed by atoms with van der Waals surface area (Å²) in [6.07, 6.45) is -3.73. The average Bonchev–Trinajstić information content (AvgIpc) is 3.51. The van der Waals surface area contributed by atoms with Crippen LogP contribution in [0.25, 0.3) is 33.1 Å². The van der Waals surface area contributed by atoms with Crippen molar-refractivity contribution in [1.29, 1.82) is 0 Å². The predicted molar refractivity (Wildman–Crippen MR) is 133 cm³/mol. The summed E-state index contributed by atoms with van der Waals surface area (Å²) in [5.41, 5.74) is 5.99. The molecule has 0 spiro atoms. The molecule has 1 aromatic carbocycles. The first-order valence-corrected chi connectivity index (χ1v) is 12.4. The average molecular weight is 515 g/mol. The Balaban J connectivity index is 1.83. The lowest BCUT2D eigenvalue weighted by molar-refractivity contribution is -0.136. The Hall–Kier alpha value is -3.24. The number of alkyl halides is 3. The molecule has 4 heterocycles. The Morgan fingerprint density at radius 3 is 2.50 bits per heavy atom. The minimum atomic E-state index is -4.31. The Morgan fingerprint density at radius 2 is 1.89 bits per heavy atom. The van der Waals surface area contributed by atoms with Gasteiger partial charge in [-0.15, -0.1) is 11.3 Å². The molecule has 6 nitrogen and oxygen atoms in total. The van der Waals surface area contributed by atoms with Gasteiger partial charge in [-0.2, -0.15) is 13.2 Å². The summed E-state index contributed by atoms with van der Waals surface area (Å²) in [7, 11) is 0. The van der Waals surface area contributed by atoms with Crippen LogP contribution in [0.4, 0.5) is 13.2 Å². The Bertz CT molecular complexity index is 1530. The molecular formula is C26H25F3N4O2S. The number of benzene rings is 1. The summed E-state index contributed by atoms with van der Waals surface area (Å²) in [6, 6.07) is 6.76. The van der Waals surface area contributed by atoms with Gasteiger partial charge in [0.25, 0.3) is 0 Å². The van der Waals surface area contributed by atoms with Gasteiger partial charge in [0.15, 0.2) is 0 Å². The monoisotopic (exact) mass is 514 g/mol. The van der Waals surface area contributed by atoms with E-state index in [0.717, 1.165) is 16.5 Å². The molecule has 0 saturated carbocycles. The number of aliphatic hydroxyl groups is 1. The molecular weight excluding hydrogens is 489 g/mol. The van der Waals surface area contributed by atoms with Crippen molar-refractivity contribution in [3.05, 3.63) is 64.1 Å². The zero-order valence-corrected chi connectivity index (χ0v) is 21.0. The van der Waals surface area contributed by atoms with Crippen molar-refractivity contribution in [2.24, 2.45) is 0 Å². The van der Waals surface area contributed by atoms with Crippen LogP contribution in [-0.4, -0.2) is 31.0 Å². The standard InChI is InChI=1S/C26H25F3N4O2S/c1-14-23(15(2)35-32-14)16-9-22-24(30-11-16)18-6-5-17(25(3,4)34)10-21(18)33(22)20(7-8-26(27,28)29)19-12-36-13-31-19/h5-6,9-13,20,34H,7-8H2,1-4H3/t20-/m0/s1. The maximum absolute atomic E-state index is 13.4. The van der Waals surface area contributed by atoms with E-state index in [-0.39, 0.29) is 6.42 Å². The van der Waals surface area contributed by atoms with E-state index >= 15 is 0 Å². The first-order chi connectivity index (χ1) is 16.9. The van der Waals surface area contributed by atoms with Crippen LogP contribution in [0.5, 0.6) is 0 Å². The summed E-state index contributed by atoms with van der Waals surface area (Å²) in [6.45, 7) is 7.00. The van der Waals surface area contributed by atoms with Gasteiger partial charge in [0.2, 0.25) is 0 Å². The van der Waals surface area contributed by atoms with Crippen LogP contribution in [0.1, 0.15) is 55.4 Å². The molecule has 0 unspecified atom stereocenters. The van der Waals surface area contributed by atoms with Gasteiger partial charge in [-0.1, -0.05) is 17.3 Å². The highest BCUT2D eigenvalue weighted by atomic mass is 32.1. The fourth-order valence-corrected chi connectivity index (χ4v) is 5.35. The fraction of sp³-hybridized carbons (Fsp3) is 0.346. The number of aromatic nitrogens is 4. The van der Waals surface area contributed by atoms with E-state index in [1.165, 1.54) is 11.3 Å². The third-order valence-corrected chi connectivity index (χ3v) is 7.08. The first kappa shape index (κ1) is 24.5. The molecule has 1 N–H and O–H groups in total. The van der Waals surface area contributed by atoms with Gasteiger partial charge in [-0.05, 0) is 51.8 Å². The minimum absolute atomic E-state index is 0.186. The number of thiazole rings is 1. The number of hydrogen-bond acceptors (Lipinski definition) is 6. The van der Waals surface area contributed by atoms with E-state index < -0.39 is 24.2 Å². The molecule has 0 radical (unpaired) electrons. The van der Waals surface area contributed by atoms with Crippen LogP contribution in [0.3, 0.4) is 0 Å². The zero-order chi connectivity index (χ0) is 25.8. The maximum Gasteiger partial charge on any atom is 0.389 e. The van der Waals surface area contributed by atoms with Crippen molar-refractivity contribution in [2.75, 3.05) is 0 Å². The predicted octanol–water partition coefficient (Wildman–Crippen LogP) is 7.08. The van der Waals surface area contributed by atoms with Gasteiger partial charge in [-0.3, -0.25) is 4.98 Å². The number of halogens is 3.